The highest BCUT2D eigenvalue weighted by atomic mass is 16.5. The van der Waals surface area contributed by atoms with Crippen LogP contribution in [0.15, 0.2) is 79.0 Å². The molecule has 0 aliphatic rings. The fraction of sp³-hybridized carbons (Fsp3) is 0.115. The molecular weight excluding hydrogens is 358 g/mol. The number of H-pyrrole nitrogens is 1. The van der Waals surface area contributed by atoms with E-state index in [1.54, 1.807) is 7.11 Å². The van der Waals surface area contributed by atoms with Gasteiger partial charge in [0.1, 0.15) is 12.0 Å². The maximum atomic E-state index is 12.4. The Balaban J connectivity index is 1.71. The summed E-state index contributed by atoms with van der Waals surface area (Å²) in [6.45, 7) is 1.99. The Morgan fingerprint density at radius 2 is 1.62 bits per heavy atom. The van der Waals surface area contributed by atoms with Gasteiger partial charge in [0.25, 0.3) is 0 Å². The van der Waals surface area contributed by atoms with Crippen molar-refractivity contribution >= 4 is 38.7 Å². The van der Waals surface area contributed by atoms with Crippen LogP contribution in [0.4, 0.5) is 0 Å². The predicted octanol–water partition coefficient (Wildman–Crippen LogP) is 5.99. The average Bonchev–Trinajstić information content (AvgIpc) is 3.23. The summed E-state index contributed by atoms with van der Waals surface area (Å²) in [4.78, 5) is 15.9. The predicted molar refractivity (Wildman–Crippen MR) is 119 cm³/mol. The number of fused-ring (bicyclic) bond motifs is 4. The van der Waals surface area contributed by atoms with Crippen LogP contribution in [0, 0.1) is 0 Å². The number of carbonyl (C=O) groups excluding carboxylic acids is 1. The lowest BCUT2D eigenvalue weighted by molar-refractivity contribution is -0.110. The van der Waals surface area contributed by atoms with Crippen molar-refractivity contribution in [2.45, 2.75) is 12.3 Å². The number of carbonyl (C=O) groups is 1. The van der Waals surface area contributed by atoms with E-state index in [0.717, 1.165) is 50.2 Å². The lowest BCUT2D eigenvalue weighted by atomic mass is 9.76. The Kier molecular flexibility index (Phi) is 3.92. The Hall–Kier alpha value is -3.59. The van der Waals surface area contributed by atoms with E-state index in [1.165, 1.54) is 5.39 Å². The number of hydrogen-bond acceptors (Lipinski definition) is 2. The van der Waals surface area contributed by atoms with Crippen LogP contribution in [0.1, 0.15) is 18.1 Å². The number of methoxy groups -OCH3 is 1. The standard InChI is InChI=1S/C26H21NO2/c1-26(16-28,20-10-7-19-14-21(29-2)11-8-18(19)13-20)24-15-27-25-22-6-4-3-5-17(22)9-12-23(24)25/h3-16,27H,1-2H3. The first-order chi connectivity index (χ1) is 14.1. The van der Waals surface area contributed by atoms with Crippen molar-refractivity contribution in [1.29, 1.82) is 0 Å². The minimum Gasteiger partial charge on any atom is -0.497 e. The quantitative estimate of drug-likeness (QED) is 0.390. The third kappa shape index (κ3) is 2.62. The van der Waals surface area contributed by atoms with Crippen molar-refractivity contribution in [3.63, 3.8) is 0 Å². The molecule has 0 saturated carbocycles. The average molecular weight is 379 g/mol. The summed E-state index contributed by atoms with van der Waals surface area (Å²) in [6, 6.07) is 24.7. The van der Waals surface area contributed by atoms with E-state index in [0.29, 0.717) is 0 Å². The fourth-order valence-corrected chi connectivity index (χ4v) is 4.26. The van der Waals surface area contributed by atoms with Gasteiger partial charge in [0.2, 0.25) is 0 Å². The highest BCUT2D eigenvalue weighted by molar-refractivity contribution is 6.08. The molecule has 1 atom stereocenters. The molecule has 0 aliphatic heterocycles. The summed E-state index contributed by atoms with van der Waals surface area (Å²) >= 11 is 0. The van der Waals surface area contributed by atoms with Gasteiger partial charge < -0.3 is 14.5 Å². The van der Waals surface area contributed by atoms with Crippen LogP contribution in [-0.4, -0.2) is 18.4 Å². The number of aromatic amines is 1. The summed E-state index contributed by atoms with van der Waals surface area (Å²) in [5.41, 5.74) is 2.27. The zero-order valence-corrected chi connectivity index (χ0v) is 16.4. The molecule has 0 radical (unpaired) electrons. The van der Waals surface area contributed by atoms with Gasteiger partial charge in [-0.2, -0.15) is 0 Å². The van der Waals surface area contributed by atoms with Gasteiger partial charge in [-0.25, -0.2) is 0 Å². The number of nitrogens with one attached hydrogen (secondary N) is 1. The second-order valence-corrected chi connectivity index (χ2v) is 7.66. The van der Waals surface area contributed by atoms with Crippen LogP contribution in [-0.2, 0) is 10.2 Å². The fourth-order valence-electron chi connectivity index (χ4n) is 4.26. The normalized spacial score (nSPS) is 13.6. The molecule has 3 nitrogen and oxygen atoms in total. The van der Waals surface area contributed by atoms with Crippen LogP contribution in [0.5, 0.6) is 5.75 Å². The highest BCUT2D eigenvalue weighted by Gasteiger charge is 2.31. The molecule has 142 valence electrons. The van der Waals surface area contributed by atoms with E-state index in [1.807, 2.05) is 49.5 Å². The molecule has 1 heterocycles. The summed E-state index contributed by atoms with van der Waals surface area (Å²) in [5, 5.41) is 5.59. The topological polar surface area (TPSA) is 42.1 Å². The molecular formula is C26H21NO2. The number of rotatable bonds is 4. The van der Waals surface area contributed by atoms with E-state index in [-0.39, 0.29) is 0 Å². The Labute approximate surface area is 168 Å². The van der Waals surface area contributed by atoms with Crippen molar-refractivity contribution in [3.8, 4) is 5.75 Å². The van der Waals surface area contributed by atoms with Crippen molar-refractivity contribution < 1.29 is 9.53 Å². The monoisotopic (exact) mass is 379 g/mol. The SMILES string of the molecule is COc1ccc2cc(C(C)(C=O)c3c[nH]c4c3ccc3ccccc34)ccc2c1. The van der Waals surface area contributed by atoms with E-state index < -0.39 is 5.41 Å². The third-order valence-electron chi connectivity index (χ3n) is 6.02. The molecule has 1 unspecified atom stereocenters. The van der Waals surface area contributed by atoms with E-state index in [2.05, 4.69) is 41.4 Å². The van der Waals surface area contributed by atoms with Crippen LogP contribution in [0.3, 0.4) is 0 Å². The van der Waals surface area contributed by atoms with Gasteiger partial charge in [-0.3, -0.25) is 0 Å². The largest absolute Gasteiger partial charge is 0.497 e. The summed E-state index contributed by atoms with van der Waals surface area (Å²) in [5.74, 6) is 0.826. The van der Waals surface area contributed by atoms with Gasteiger partial charge in [-0.1, -0.05) is 54.6 Å². The smallest absolute Gasteiger partial charge is 0.134 e. The molecule has 0 amide bonds. The molecule has 3 heteroatoms. The molecule has 5 rings (SSSR count). The Bertz CT molecular complexity index is 1380. The third-order valence-corrected chi connectivity index (χ3v) is 6.02. The zero-order chi connectivity index (χ0) is 20.0. The number of benzene rings is 4. The van der Waals surface area contributed by atoms with Gasteiger partial charge in [-0.15, -0.1) is 0 Å². The van der Waals surface area contributed by atoms with Gasteiger partial charge in [0, 0.05) is 17.0 Å². The van der Waals surface area contributed by atoms with Crippen LogP contribution in [0.25, 0.3) is 32.4 Å². The van der Waals surface area contributed by atoms with E-state index in [4.69, 9.17) is 4.74 Å². The maximum absolute atomic E-state index is 12.4. The Morgan fingerprint density at radius 3 is 2.45 bits per heavy atom. The van der Waals surface area contributed by atoms with E-state index >= 15 is 0 Å². The molecule has 29 heavy (non-hydrogen) atoms. The highest BCUT2D eigenvalue weighted by Crippen LogP contribution is 2.38. The first-order valence-corrected chi connectivity index (χ1v) is 9.68. The zero-order valence-electron chi connectivity index (χ0n) is 16.4. The second-order valence-electron chi connectivity index (χ2n) is 7.66. The molecule has 0 saturated heterocycles. The number of ether oxygens (including phenoxy) is 1. The van der Waals surface area contributed by atoms with Crippen LogP contribution < -0.4 is 4.74 Å². The first-order valence-electron chi connectivity index (χ1n) is 9.68. The van der Waals surface area contributed by atoms with Crippen LogP contribution in [0.2, 0.25) is 0 Å². The number of aldehydes is 1. The summed E-state index contributed by atoms with van der Waals surface area (Å²) < 4.78 is 5.32. The van der Waals surface area contributed by atoms with Crippen molar-refractivity contribution in [3.05, 3.63) is 90.1 Å². The molecule has 0 fully saturated rings. The summed E-state index contributed by atoms with van der Waals surface area (Å²) in [7, 11) is 1.67. The lowest BCUT2D eigenvalue weighted by Gasteiger charge is -2.24. The molecule has 4 aromatic carbocycles. The van der Waals surface area contributed by atoms with E-state index in [9.17, 15) is 4.79 Å². The summed E-state index contributed by atoms with van der Waals surface area (Å²) in [6.07, 6.45) is 3.03. The molecule has 1 N–H and O–H groups in total. The van der Waals surface area contributed by atoms with Gasteiger partial charge in [0.15, 0.2) is 0 Å². The molecule has 0 spiro atoms. The Morgan fingerprint density at radius 1 is 0.862 bits per heavy atom. The molecule has 0 bridgehead atoms. The maximum Gasteiger partial charge on any atom is 0.134 e. The molecule has 5 aromatic rings. The minimum atomic E-state index is -0.755. The first kappa shape index (κ1) is 17.5. The van der Waals surface area contributed by atoms with Crippen molar-refractivity contribution in [1.82, 2.24) is 4.98 Å². The van der Waals surface area contributed by atoms with Crippen molar-refractivity contribution in [2.75, 3.05) is 7.11 Å². The van der Waals surface area contributed by atoms with Gasteiger partial charge in [-0.05, 0) is 52.4 Å². The minimum absolute atomic E-state index is 0.755. The number of aromatic nitrogens is 1. The molecule has 1 aromatic heterocycles. The van der Waals surface area contributed by atoms with Crippen LogP contribution >= 0.6 is 0 Å². The lowest BCUT2D eigenvalue weighted by Crippen LogP contribution is -2.25. The van der Waals surface area contributed by atoms with Gasteiger partial charge in [0.05, 0.1) is 18.0 Å². The van der Waals surface area contributed by atoms with Gasteiger partial charge >= 0.3 is 0 Å². The number of hydrogen-bond donors (Lipinski definition) is 1. The second kappa shape index (κ2) is 6.49. The molecule has 0 aliphatic carbocycles. The van der Waals surface area contributed by atoms with Crippen molar-refractivity contribution in [2.24, 2.45) is 0 Å².